The average molecular weight is 198 g/mol. The normalized spacial score (nSPS) is 29.0. The molecule has 3 nitrogen and oxygen atoms in total. The molecule has 1 fully saturated rings. The van der Waals surface area contributed by atoms with Crippen LogP contribution in [0.15, 0.2) is 12.7 Å². The highest BCUT2D eigenvalue weighted by molar-refractivity contribution is 4.95. The summed E-state index contributed by atoms with van der Waals surface area (Å²) < 4.78 is 0. The van der Waals surface area contributed by atoms with Crippen LogP contribution in [0.4, 0.5) is 0 Å². The van der Waals surface area contributed by atoms with Gasteiger partial charge in [-0.05, 0) is 20.9 Å². The van der Waals surface area contributed by atoms with Gasteiger partial charge in [-0.2, -0.15) is 0 Å². The van der Waals surface area contributed by atoms with Crippen LogP contribution >= 0.6 is 0 Å². The average Bonchev–Trinajstić information content (AvgIpc) is 2.11. The molecule has 14 heavy (non-hydrogen) atoms. The molecule has 1 saturated heterocycles. The zero-order chi connectivity index (χ0) is 10.8. The Balaban J connectivity index is 2.68. The van der Waals surface area contributed by atoms with Gasteiger partial charge in [-0.15, -0.1) is 6.58 Å². The summed E-state index contributed by atoms with van der Waals surface area (Å²) in [4.78, 5) is 4.61. The van der Waals surface area contributed by atoms with Crippen molar-refractivity contribution in [2.45, 2.75) is 25.4 Å². The fourth-order valence-corrected chi connectivity index (χ4v) is 1.98. The Morgan fingerprint density at radius 2 is 2.21 bits per heavy atom. The van der Waals surface area contributed by atoms with Crippen LogP contribution in [0.5, 0.6) is 0 Å². The van der Waals surface area contributed by atoms with Gasteiger partial charge in [0.05, 0.1) is 6.61 Å². The molecule has 0 saturated carbocycles. The zero-order valence-electron chi connectivity index (χ0n) is 9.53. The van der Waals surface area contributed by atoms with E-state index in [0.717, 1.165) is 19.6 Å². The van der Waals surface area contributed by atoms with Gasteiger partial charge in [-0.1, -0.05) is 6.08 Å². The lowest BCUT2D eigenvalue weighted by Gasteiger charge is -2.49. The van der Waals surface area contributed by atoms with E-state index in [0.29, 0.717) is 0 Å². The summed E-state index contributed by atoms with van der Waals surface area (Å²) in [6, 6.07) is 0.256. The lowest BCUT2D eigenvalue weighted by atomic mass is 9.96. The van der Waals surface area contributed by atoms with E-state index in [9.17, 15) is 5.11 Å². The first-order chi connectivity index (χ1) is 6.51. The van der Waals surface area contributed by atoms with Crippen LogP contribution < -0.4 is 0 Å². The molecule has 1 N–H and O–H groups in total. The van der Waals surface area contributed by atoms with Gasteiger partial charge in [-0.3, -0.25) is 9.80 Å². The Labute approximate surface area is 87.0 Å². The predicted octanol–water partition coefficient (Wildman–Crippen LogP) is 0.559. The molecular weight excluding hydrogens is 176 g/mol. The molecule has 1 aliphatic rings. The van der Waals surface area contributed by atoms with Gasteiger partial charge in [0.15, 0.2) is 0 Å². The summed E-state index contributed by atoms with van der Waals surface area (Å²) in [6.07, 6.45) is 1.91. The number of aliphatic hydroxyl groups is 1. The SMILES string of the molecule is C=CCN1CC(C)(C)N(C)CC1CO. The number of hydrogen-bond acceptors (Lipinski definition) is 3. The quantitative estimate of drug-likeness (QED) is 0.671. The Morgan fingerprint density at radius 1 is 1.57 bits per heavy atom. The molecule has 3 heteroatoms. The molecule has 0 aromatic carbocycles. The van der Waals surface area contributed by atoms with Gasteiger partial charge in [0.1, 0.15) is 0 Å². The second kappa shape index (κ2) is 4.43. The highest BCUT2D eigenvalue weighted by Gasteiger charge is 2.35. The van der Waals surface area contributed by atoms with Crippen molar-refractivity contribution >= 4 is 0 Å². The summed E-state index contributed by atoms with van der Waals surface area (Å²) in [5.41, 5.74) is 0.189. The van der Waals surface area contributed by atoms with Gasteiger partial charge < -0.3 is 5.11 Å². The van der Waals surface area contributed by atoms with E-state index in [1.54, 1.807) is 0 Å². The molecule has 0 aromatic heterocycles. The van der Waals surface area contributed by atoms with Gasteiger partial charge in [0.2, 0.25) is 0 Å². The molecular formula is C11H22N2O. The second-order valence-electron chi connectivity index (χ2n) is 4.75. The number of aliphatic hydroxyl groups excluding tert-OH is 1. The summed E-state index contributed by atoms with van der Waals surface area (Å²) in [6.45, 7) is 11.2. The van der Waals surface area contributed by atoms with Crippen molar-refractivity contribution in [3.63, 3.8) is 0 Å². The molecule has 0 aromatic rings. The van der Waals surface area contributed by atoms with E-state index in [1.807, 2.05) is 6.08 Å². The number of hydrogen-bond donors (Lipinski definition) is 1. The van der Waals surface area contributed by atoms with E-state index in [1.165, 1.54) is 0 Å². The minimum Gasteiger partial charge on any atom is -0.395 e. The number of piperazine rings is 1. The third-order valence-corrected chi connectivity index (χ3v) is 3.20. The Morgan fingerprint density at radius 3 is 2.71 bits per heavy atom. The van der Waals surface area contributed by atoms with Crippen LogP contribution in [0.1, 0.15) is 13.8 Å². The molecule has 1 aliphatic heterocycles. The summed E-state index contributed by atoms with van der Waals surface area (Å²) in [5.74, 6) is 0. The van der Waals surface area contributed by atoms with E-state index in [-0.39, 0.29) is 18.2 Å². The molecule has 0 spiro atoms. The fraction of sp³-hybridized carbons (Fsp3) is 0.818. The topological polar surface area (TPSA) is 26.7 Å². The zero-order valence-corrected chi connectivity index (χ0v) is 9.53. The number of likely N-dealkylation sites (N-methyl/N-ethyl adjacent to an activating group) is 1. The fourth-order valence-electron chi connectivity index (χ4n) is 1.98. The van der Waals surface area contributed by atoms with Crippen LogP contribution in [0, 0.1) is 0 Å². The van der Waals surface area contributed by atoms with Gasteiger partial charge in [-0.25, -0.2) is 0 Å². The third-order valence-electron chi connectivity index (χ3n) is 3.20. The lowest BCUT2D eigenvalue weighted by Crippen LogP contribution is -2.62. The van der Waals surface area contributed by atoms with Gasteiger partial charge in [0.25, 0.3) is 0 Å². The Bertz CT molecular complexity index is 203. The largest absolute Gasteiger partial charge is 0.395 e. The van der Waals surface area contributed by atoms with Gasteiger partial charge in [0, 0.05) is 31.2 Å². The Kier molecular flexibility index (Phi) is 3.70. The van der Waals surface area contributed by atoms with Gasteiger partial charge >= 0.3 is 0 Å². The maximum absolute atomic E-state index is 9.27. The van der Waals surface area contributed by atoms with Crippen LogP contribution in [0.25, 0.3) is 0 Å². The summed E-state index contributed by atoms with van der Waals surface area (Å²) >= 11 is 0. The molecule has 0 aliphatic carbocycles. The maximum atomic E-state index is 9.27. The van der Waals surface area contributed by atoms with Crippen molar-refractivity contribution in [1.82, 2.24) is 9.80 Å². The van der Waals surface area contributed by atoms with Crippen LogP contribution in [0.3, 0.4) is 0 Å². The van der Waals surface area contributed by atoms with Crippen molar-refractivity contribution in [3.8, 4) is 0 Å². The summed E-state index contributed by atoms with van der Waals surface area (Å²) in [7, 11) is 2.12. The molecule has 0 amide bonds. The van der Waals surface area contributed by atoms with Crippen LogP contribution in [-0.4, -0.2) is 59.8 Å². The molecule has 1 atom stereocenters. The van der Waals surface area contributed by atoms with E-state index >= 15 is 0 Å². The molecule has 0 radical (unpaired) electrons. The first-order valence-electron chi connectivity index (χ1n) is 5.18. The maximum Gasteiger partial charge on any atom is 0.0599 e. The van der Waals surface area contributed by atoms with Crippen LogP contribution in [-0.2, 0) is 0 Å². The monoisotopic (exact) mass is 198 g/mol. The molecule has 1 unspecified atom stereocenters. The van der Waals surface area contributed by atoms with E-state index in [2.05, 4.69) is 37.3 Å². The second-order valence-corrected chi connectivity index (χ2v) is 4.75. The smallest absolute Gasteiger partial charge is 0.0599 e. The lowest BCUT2D eigenvalue weighted by molar-refractivity contribution is -0.0144. The molecule has 1 rings (SSSR count). The number of nitrogens with zero attached hydrogens (tertiary/aromatic N) is 2. The third kappa shape index (κ3) is 2.35. The first kappa shape index (κ1) is 11.7. The highest BCUT2D eigenvalue weighted by Crippen LogP contribution is 2.22. The predicted molar refractivity (Wildman–Crippen MR) is 59.4 cm³/mol. The standard InChI is InChI=1S/C11H22N2O/c1-5-6-13-9-11(2,3)12(4)7-10(13)8-14/h5,10,14H,1,6-9H2,2-4H3. The minimum atomic E-state index is 0.189. The molecule has 1 heterocycles. The molecule has 0 bridgehead atoms. The van der Waals surface area contributed by atoms with Crippen molar-refractivity contribution in [1.29, 1.82) is 0 Å². The van der Waals surface area contributed by atoms with E-state index in [4.69, 9.17) is 0 Å². The minimum absolute atomic E-state index is 0.189. The summed E-state index contributed by atoms with van der Waals surface area (Å²) in [5, 5.41) is 9.27. The molecule has 82 valence electrons. The van der Waals surface area contributed by atoms with Crippen molar-refractivity contribution < 1.29 is 5.11 Å². The van der Waals surface area contributed by atoms with E-state index < -0.39 is 0 Å². The first-order valence-corrected chi connectivity index (χ1v) is 5.18. The van der Waals surface area contributed by atoms with Crippen molar-refractivity contribution in [2.75, 3.05) is 33.3 Å². The van der Waals surface area contributed by atoms with Crippen molar-refractivity contribution in [2.24, 2.45) is 0 Å². The number of rotatable bonds is 3. The van der Waals surface area contributed by atoms with Crippen LogP contribution in [0.2, 0.25) is 0 Å². The highest BCUT2D eigenvalue weighted by atomic mass is 16.3. The van der Waals surface area contributed by atoms with Crippen molar-refractivity contribution in [3.05, 3.63) is 12.7 Å². The Hall–Kier alpha value is -0.380.